The zero-order valence-electron chi connectivity index (χ0n) is 23.4. The Hall–Kier alpha value is -1.14. The zero-order chi connectivity index (χ0) is 26.2. The molecule has 0 aliphatic rings. The third kappa shape index (κ3) is 17.9. The van der Waals surface area contributed by atoms with Gasteiger partial charge in [0, 0.05) is 18.6 Å². The third-order valence-electron chi connectivity index (χ3n) is 7.09. The topological polar surface area (TPSA) is 89.9 Å². The summed E-state index contributed by atoms with van der Waals surface area (Å²) in [6, 6.07) is 0. The van der Waals surface area contributed by atoms with E-state index in [0.29, 0.717) is 0 Å². The van der Waals surface area contributed by atoms with Crippen LogP contribution in [0.15, 0.2) is 0 Å². The third-order valence-corrected chi connectivity index (χ3v) is 7.09. The summed E-state index contributed by atoms with van der Waals surface area (Å²) in [7, 11) is 0. The number of aliphatic hydroxyl groups is 2. The molecule has 0 saturated carbocycles. The van der Waals surface area contributed by atoms with Gasteiger partial charge >= 0.3 is 0 Å². The zero-order valence-corrected chi connectivity index (χ0v) is 23.4. The average Bonchev–Trinajstić information content (AvgIpc) is 2.83. The minimum Gasteiger partial charge on any atom is -0.395 e. The number of carbonyl (C=O) groups is 2. The normalized spacial score (nSPS) is 11.6. The molecule has 3 N–H and O–H groups in total. The predicted octanol–water partition coefficient (Wildman–Crippen LogP) is 6.13. The highest BCUT2D eigenvalue weighted by molar-refractivity contribution is 5.97. The van der Waals surface area contributed by atoms with Crippen molar-refractivity contribution >= 4 is 11.8 Å². The minimum atomic E-state index is -0.326. The number of amides is 2. The van der Waals surface area contributed by atoms with E-state index in [9.17, 15) is 19.8 Å². The summed E-state index contributed by atoms with van der Waals surface area (Å²) in [5.74, 6) is -0.544. The van der Waals surface area contributed by atoms with E-state index in [1.807, 2.05) is 0 Å². The van der Waals surface area contributed by atoms with Crippen molar-refractivity contribution in [2.75, 3.05) is 26.3 Å². The molecule has 0 aliphatic carbocycles. The molecule has 0 atom stereocenters. The van der Waals surface area contributed by atoms with Gasteiger partial charge in [0.15, 0.2) is 0 Å². The summed E-state index contributed by atoms with van der Waals surface area (Å²) in [4.78, 5) is 27.1. The Morgan fingerprint density at radius 3 is 1.40 bits per heavy atom. The maximum absolute atomic E-state index is 13.1. The number of nitrogens with zero attached hydrogens (tertiary/aromatic N) is 1. The lowest BCUT2D eigenvalue weighted by Gasteiger charge is -2.36. The van der Waals surface area contributed by atoms with Crippen LogP contribution in [-0.4, -0.2) is 58.8 Å². The molecule has 0 spiro atoms. The van der Waals surface area contributed by atoms with Gasteiger partial charge in [0.05, 0.1) is 13.2 Å². The van der Waals surface area contributed by atoms with E-state index in [1.165, 1.54) is 81.9 Å². The summed E-state index contributed by atoms with van der Waals surface area (Å²) in [6.07, 6.45) is 20.8. The molecule has 0 radical (unpaired) electrons. The van der Waals surface area contributed by atoms with Crippen LogP contribution in [0, 0.1) is 0 Å². The quantitative estimate of drug-likeness (QED) is 0.104. The summed E-state index contributed by atoms with van der Waals surface area (Å²) in [5, 5.41) is 21.8. The summed E-state index contributed by atoms with van der Waals surface area (Å²) in [5.41, 5.74) is -0.235. The molecular formula is C29H58N2O4. The molecule has 0 saturated heterocycles. The van der Waals surface area contributed by atoms with Gasteiger partial charge < -0.3 is 20.4 Å². The fourth-order valence-electron chi connectivity index (χ4n) is 4.96. The van der Waals surface area contributed by atoms with E-state index in [4.69, 9.17) is 0 Å². The van der Waals surface area contributed by atoms with Crippen molar-refractivity contribution in [1.82, 2.24) is 10.2 Å². The molecule has 2 amide bonds. The number of aliphatic hydroxyl groups excluding tert-OH is 2. The monoisotopic (exact) mass is 498 g/mol. The van der Waals surface area contributed by atoms with E-state index in [2.05, 4.69) is 26.1 Å². The van der Waals surface area contributed by atoms with Crippen LogP contribution in [0.1, 0.15) is 143 Å². The van der Waals surface area contributed by atoms with Crippen LogP contribution < -0.4 is 5.32 Å². The number of carbonyl (C=O) groups excluding carboxylic acids is 2. The lowest BCUT2D eigenvalue weighted by molar-refractivity contribution is -0.137. The first-order valence-electron chi connectivity index (χ1n) is 14.8. The lowest BCUT2D eigenvalue weighted by Crippen LogP contribution is -2.50. The van der Waals surface area contributed by atoms with E-state index >= 15 is 0 Å². The largest absolute Gasteiger partial charge is 0.395 e. The second kappa shape index (κ2) is 23.3. The molecule has 0 unspecified atom stereocenters. The van der Waals surface area contributed by atoms with Crippen LogP contribution in [0.25, 0.3) is 0 Å². The molecule has 6 heteroatoms. The number of hydrogen-bond donors (Lipinski definition) is 3. The SMILES string of the molecule is CCCCCCCCCC(CCCCCC)(CCCCCC)NC(=O)CC(=O)N(CCO)CCO. The Balaban J connectivity index is 5.24. The summed E-state index contributed by atoms with van der Waals surface area (Å²) in [6.45, 7) is 6.61. The van der Waals surface area contributed by atoms with Crippen LogP contribution in [0.2, 0.25) is 0 Å². The van der Waals surface area contributed by atoms with E-state index < -0.39 is 0 Å². The van der Waals surface area contributed by atoms with E-state index in [-0.39, 0.29) is 50.1 Å². The van der Waals surface area contributed by atoms with Crippen molar-refractivity contribution in [1.29, 1.82) is 0 Å². The molecule has 0 bridgehead atoms. The van der Waals surface area contributed by atoms with Gasteiger partial charge in [0.25, 0.3) is 0 Å². The van der Waals surface area contributed by atoms with Gasteiger partial charge in [-0.3, -0.25) is 9.59 Å². The van der Waals surface area contributed by atoms with E-state index in [1.54, 1.807) is 0 Å². The smallest absolute Gasteiger partial charge is 0.232 e. The highest BCUT2D eigenvalue weighted by atomic mass is 16.3. The standard InChI is InChI=1S/C29H58N2O4/c1-4-7-10-13-14-15-18-21-29(19-16-11-8-5-2,20-17-12-9-6-3)30-27(34)26-28(35)31(22-24-32)23-25-33/h32-33H,4-26H2,1-3H3,(H,30,34). The second-order valence-corrected chi connectivity index (χ2v) is 10.3. The van der Waals surface area contributed by atoms with Crippen LogP contribution in [0.3, 0.4) is 0 Å². The summed E-state index contributed by atoms with van der Waals surface area (Å²) >= 11 is 0. The number of nitrogens with one attached hydrogen (secondary N) is 1. The fourth-order valence-corrected chi connectivity index (χ4v) is 4.96. The summed E-state index contributed by atoms with van der Waals surface area (Å²) < 4.78 is 0. The van der Waals surface area contributed by atoms with Crippen molar-refractivity contribution in [3.05, 3.63) is 0 Å². The molecule has 0 aliphatic heterocycles. The highest BCUT2D eigenvalue weighted by Crippen LogP contribution is 2.29. The number of unbranched alkanes of at least 4 members (excludes halogenated alkanes) is 12. The van der Waals surface area contributed by atoms with Gasteiger partial charge in [-0.2, -0.15) is 0 Å². The Bertz CT molecular complexity index is 495. The fraction of sp³-hybridized carbons (Fsp3) is 0.931. The first-order chi connectivity index (χ1) is 17.0. The number of rotatable bonds is 25. The molecule has 6 nitrogen and oxygen atoms in total. The van der Waals surface area contributed by atoms with Gasteiger partial charge in [0.2, 0.25) is 11.8 Å². The maximum Gasteiger partial charge on any atom is 0.232 e. The first-order valence-corrected chi connectivity index (χ1v) is 14.8. The molecule has 208 valence electrons. The van der Waals surface area contributed by atoms with Crippen LogP contribution >= 0.6 is 0 Å². The Morgan fingerprint density at radius 1 is 0.629 bits per heavy atom. The molecule has 0 rings (SSSR count). The molecule has 0 aromatic carbocycles. The van der Waals surface area contributed by atoms with Crippen molar-refractivity contribution in [2.45, 2.75) is 148 Å². The molecule has 35 heavy (non-hydrogen) atoms. The van der Waals surface area contributed by atoms with Crippen LogP contribution in [0.5, 0.6) is 0 Å². The van der Waals surface area contributed by atoms with Crippen LogP contribution in [-0.2, 0) is 9.59 Å². The van der Waals surface area contributed by atoms with E-state index in [0.717, 1.165) is 38.5 Å². The van der Waals surface area contributed by atoms with Crippen LogP contribution in [0.4, 0.5) is 0 Å². The minimum absolute atomic E-state index is 0.143. The van der Waals surface area contributed by atoms with Crippen molar-refractivity contribution in [3.8, 4) is 0 Å². The highest BCUT2D eigenvalue weighted by Gasteiger charge is 2.31. The van der Waals surface area contributed by atoms with Gasteiger partial charge in [-0.05, 0) is 19.3 Å². The predicted molar refractivity (Wildman–Crippen MR) is 146 cm³/mol. The lowest BCUT2D eigenvalue weighted by atomic mass is 9.81. The average molecular weight is 499 g/mol. The van der Waals surface area contributed by atoms with Crippen molar-refractivity contribution in [3.63, 3.8) is 0 Å². The molecule has 0 aromatic rings. The second-order valence-electron chi connectivity index (χ2n) is 10.3. The van der Waals surface area contributed by atoms with Gasteiger partial charge in [-0.15, -0.1) is 0 Å². The van der Waals surface area contributed by atoms with Gasteiger partial charge in [-0.1, -0.05) is 117 Å². The Morgan fingerprint density at radius 2 is 1.00 bits per heavy atom. The Kier molecular flexibility index (Phi) is 22.5. The number of hydrogen-bond acceptors (Lipinski definition) is 4. The van der Waals surface area contributed by atoms with Crippen molar-refractivity contribution < 1.29 is 19.8 Å². The van der Waals surface area contributed by atoms with Gasteiger partial charge in [0.1, 0.15) is 6.42 Å². The molecule has 0 aromatic heterocycles. The van der Waals surface area contributed by atoms with Crippen molar-refractivity contribution in [2.24, 2.45) is 0 Å². The first kappa shape index (κ1) is 33.9. The maximum atomic E-state index is 13.1. The molecular weight excluding hydrogens is 440 g/mol. The Labute approximate surface area is 216 Å². The molecule has 0 heterocycles. The molecule has 0 fully saturated rings. The van der Waals surface area contributed by atoms with Gasteiger partial charge in [-0.25, -0.2) is 0 Å².